The second-order valence-corrected chi connectivity index (χ2v) is 5.64. The Bertz CT molecular complexity index is 828. The third-order valence-electron chi connectivity index (χ3n) is 3.68. The van der Waals surface area contributed by atoms with Crippen LogP contribution < -0.4 is 9.47 Å². The van der Waals surface area contributed by atoms with Crippen molar-refractivity contribution < 1.29 is 29.3 Å². The first-order valence-electron chi connectivity index (χ1n) is 8.08. The summed E-state index contributed by atoms with van der Waals surface area (Å²) in [6.45, 7) is 0. The molecule has 2 N–H and O–H groups in total. The molecule has 141 valence electrons. The van der Waals surface area contributed by atoms with Crippen LogP contribution >= 0.6 is 0 Å². The van der Waals surface area contributed by atoms with E-state index in [1.807, 2.05) is 0 Å². The van der Waals surface area contributed by atoms with Crippen LogP contribution in [0.15, 0.2) is 48.6 Å². The largest absolute Gasteiger partial charge is 0.504 e. The fourth-order valence-electron chi connectivity index (χ4n) is 2.26. The van der Waals surface area contributed by atoms with E-state index in [-0.39, 0.29) is 59.0 Å². The number of hydrogen-bond acceptors (Lipinski definition) is 6. The summed E-state index contributed by atoms with van der Waals surface area (Å²) >= 11 is 0. The Morgan fingerprint density at radius 2 is 1.21 bits per heavy atom. The third kappa shape index (κ3) is 6.88. The standard InChI is InChI=1S/C21H20O6.Na/c1-26-20-11-14(5-9-18(20)24)3-7-16(22)13-17(23)8-4-15-6-10-19(25)21(12-15)27-2;/h3-12,24-25H,13H2,1-2H3;. The molecular weight excluding hydrogens is 371 g/mol. The number of phenolic OH excluding ortho intramolecular Hbond substituents is 2. The molecule has 2 aromatic rings. The van der Waals surface area contributed by atoms with E-state index in [4.69, 9.17) is 9.47 Å². The number of carbonyl (C=O) groups is 2. The van der Waals surface area contributed by atoms with Crippen molar-refractivity contribution >= 4 is 53.3 Å². The minimum absolute atomic E-state index is 0. The molecule has 2 aromatic carbocycles. The SMILES string of the molecule is COc1cc(C=CC(=O)CC(=O)C=Cc2ccc(O)c(OC)c2)ccc1O.[Na]. The summed E-state index contributed by atoms with van der Waals surface area (Å²) in [5.74, 6) is -0.0832. The van der Waals surface area contributed by atoms with Crippen molar-refractivity contribution in [2.75, 3.05) is 14.2 Å². The summed E-state index contributed by atoms with van der Waals surface area (Å²) in [5.41, 5.74) is 1.33. The van der Waals surface area contributed by atoms with Gasteiger partial charge in [-0.2, -0.15) is 0 Å². The molecule has 0 aliphatic heterocycles. The van der Waals surface area contributed by atoms with Crippen LogP contribution in [0.4, 0.5) is 0 Å². The third-order valence-corrected chi connectivity index (χ3v) is 3.68. The summed E-state index contributed by atoms with van der Waals surface area (Å²) in [6, 6.07) is 9.34. The maximum absolute atomic E-state index is 11.9. The minimum Gasteiger partial charge on any atom is -0.504 e. The Kier molecular flexibility index (Phi) is 9.51. The van der Waals surface area contributed by atoms with Crippen molar-refractivity contribution in [1.82, 2.24) is 0 Å². The van der Waals surface area contributed by atoms with E-state index in [2.05, 4.69) is 0 Å². The zero-order valence-corrected chi connectivity index (χ0v) is 18.0. The Morgan fingerprint density at radius 3 is 1.57 bits per heavy atom. The molecule has 0 fully saturated rings. The van der Waals surface area contributed by atoms with Gasteiger partial charge in [-0.25, -0.2) is 0 Å². The molecular formula is C21H20NaO6. The Hall–Kier alpha value is -2.54. The van der Waals surface area contributed by atoms with Gasteiger partial charge in [0, 0.05) is 29.6 Å². The molecule has 1 radical (unpaired) electrons. The molecule has 0 spiro atoms. The zero-order chi connectivity index (χ0) is 19.8. The summed E-state index contributed by atoms with van der Waals surface area (Å²) < 4.78 is 10.00. The molecule has 0 atom stereocenters. The maximum atomic E-state index is 11.9. The van der Waals surface area contributed by atoms with Gasteiger partial charge in [0.05, 0.1) is 20.6 Å². The monoisotopic (exact) mass is 391 g/mol. The predicted molar refractivity (Wildman–Crippen MR) is 108 cm³/mol. The molecule has 0 aromatic heterocycles. The first kappa shape index (κ1) is 23.5. The van der Waals surface area contributed by atoms with Gasteiger partial charge in [0.2, 0.25) is 0 Å². The van der Waals surface area contributed by atoms with Crippen LogP contribution in [0.5, 0.6) is 23.0 Å². The number of aromatic hydroxyl groups is 2. The van der Waals surface area contributed by atoms with Gasteiger partial charge in [0.1, 0.15) is 0 Å². The Balaban J connectivity index is 0.00000392. The average Bonchev–Trinajstić information content (AvgIpc) is 2.66. The van der Waals surface area contributed by atoms with E-state index < -0.39 is 0 Å². The molecule has 28 heavy (non-hydrogen) atoms. The van der Waals surface area contributed by atoms with Crippen LogP contribution in [0.25, 0.3) is 12.2 Å². The van der Waals surface area contributed by atoms with Crippen molar-refractivity contribution in [2.45, 2.75) is 6.42 Å². The van der Waals surface area contributed by atoms with E-state index >= 15 is 0 Å². The maximum Gasteiger partial charge on any atom is 0.163 e. The van der Waals surface area contributed by atoms with Crippen molar-refractivity contribution in [3.8, 4) is 23.0 Å². The fraction of sp³-hybridized carbons (Fsp3) is 0.143. The molecule has 7 heteroatoms. The number of allylic oxidation sites excluding steroid dienone is 2. The van der Waals surface area contributed by atoms with Crippen LogP contribution in [0, 0.1) is 0 Å². The number of ketones is 2. The van der Waals surface area contributed by atoms with E-state index in [1.165, 1.54) is 38.5 Å². The predicted octanol–water partition coefficient (Wildman–Crippen LogP) is 2.99. The number of phenols is 2. The van der Waals surface area contributed by atoms with Crippen LogP contribution in [0.1, 0.15) is 17.5 Å². The fourth-order valence-corrected chi connectivity index (χ4v) is 2.26. The first-order valence-corrected chi connectivity index (χ1v) is 8.08. The van der Waals surface area contributed by atoms with Crippen molar-refractivity contribution in [3.05, 3.63) is 59.7 Å². The van der Waals surface area contributed by atoms with Crippen LogP contribution in [-0.2, 0) is 9.59 Å². The number of methoxy groups -OCH3 is 2. The van der Waals surface area contributed by atoms with E-state index in [1.54, 1.807) is 36.4 Å². The zero-order valence-electron chi connectivity index (χ0n) is 16.0. The summed E-state index contributed by atoms with van der Waals surface area (Å²) in [5, 5.41) is 19.1. The molecule has 0 heterocycles. The summed E-state index contributed by atoms with van der Waals surface area (Å²) in [7, 11) is 2.87. The van der Waals surface area contributed by atoms with Gasteiger partial charge >= 0.3 is 0 Å². The number of ether oxygens (including phenoxy) is 2. The smallest absolute Gasteiger partial charge is 0.163 e. The Labute approximate surface area is 185 Å². The van der Waals surface area contributed by atoms with Gasteiger partial charge < -0.3 is 19.7 Å². The number of carbonyl (C=O) groups excluding carboxylic acids is 2. The van der Waals surface area contributed by atoms with Gasteiger partial charge in [-0.05, 0) is 47.5 Å². The molecule has 0 amide bonds. The second-order valence-electron chi connectivity index (χ2n) is 5.64. The minimum atomic E-state index is -0.347. The van der Waals surface area contributed by atoms with Gasteiger partial charge in [0.15, 0.2) is 34.6 Å². The number of benzene rings is 2. The van der Waals surface area contributed by atoms with Gasteiger partial charge in [-0.15, -0.1) is 0 Å². The normalized spacial score (nSPS) is 10.6. The van der Waals surface area contributed by atoms with Crippen LogP contribution in [0.2, 0.25) is 0 Å². The van der Waals surface area contributed by atoms with E-state index in [0.717, 1.165) is 0 Å². The van der Waals surface area contributed by atoms with E-state index in [9.17, 15) is 19.8 Å². The Morgan fingerprint density at radius 1 is 0.821 bits per heavy atom. The summed E-state index contributed by atoms with van der Waals surface area (Å²) in [6.07, 6.45) is 5.44. The molecule has 0 aliphatic rings. The summed E-state index contributed by atoms with van der Waals surface area (Å²) in [4.78, 5) is 23.9. The number of hydrogen-bond donors (Lipinski definition) is 2. The first-order chi connectivity index (χ1) is 12.9. The quantitative estimate of drug-likeness (QED) is 0.408. The van der Waals surface area contributed by atoms with E-state index in [0.29, 0.717) is 22.6 Å². The second kappa shape index (κ2) is 11.3. The molecule has 0 aliphatic carbocycles. The van der Waals surface area contributed by atoms with Crippen LogP contribution in [-0.4, -0.2) is 65.6 Å². The molecule has 0 unspecified atom stereocenters. The van der Waals surface area contributed by atoms with Crippen LogP contribution in [0.3, 0.4) is 0 Å². The van der Waals surface area contributed by atoms with Crippen molar-refractivity contribution in [2.24, 2.45) is 0 Å². The van der Waals surface area contributed by atoms with Gasteiger partial charge in [0.25, 0.3) is 0 Å². The van der Waals surface area contributed by atoms with Gasteiger partial charge in [-0.3, -0.25) is 9.59 Å². The molecule has 6 nitrogen and oxygen atoms in total. The number of rotatable bonds is 8. The molecule has 0 bridgehead atoms. The molecule has 0 saturated carbocycles. The van der Waals surface area contributed by atoms with Gasteiger partial charge in [-0.1, -0.05) is 24.3 Å². The molecule has 0 saturated heterocycles. The average molecular weight is 391 g/mol. The molecule has 2 rings (SSSR count). The topological polar surface area (TPSA) is 93.1 Å². The van der Waals surface area contributed by atoms with Crippen molar-refractivity contribution in [1.29, 1.82) is 0 Å². The van der Waals surface area contributed by atoms with Crippen molar-refractivity contribution in [3.63, 3.8) is 0 Å².